The summed E-state index contributed by atoms with van der Waals surface area (Å²) in [5, 5.41) is 3.41. The third-order valence-electron chi connectivity index (χ3n) is 4.07. The summed E-state index contributed by atoms with van der Waals surface area (Å²) in [6.07, 6.45) is 5.83. The van der Waals surface area contributed by atoms with Crippen LogP contribution < -0.4 is 5.32 Å². The molecule has 0 aromatic carbocycles. The number of rotatable bonds is 5. The molecule has 0 radical (unpaired) electrons. The number of ether oxygens (including phenoxy) is 1. The molecule has 7 heteroatoms. The van der Waals surface area contributed by atoms with E-state index in [9.17, 15) is 4.79 Å². The zero-order valence-electron chi connectivity index (χ0n) is 14.7. The first-order chi connectivity index (χ1) is 12.1. The number of carbonyl (C=O) groups is 1. The third-order valence-corrected chi connectivity index (χ3v) is 4.97. The molecule has 134 valence electrons. The van der Waals surface area contributed by atoms with Gasteiger partial charge in [-0.25, -0.2) is 4.98 Å². The zero-order chi connectivity index (χ0) is 17.6. The summed E-state index contributed by atoms with van der Waals surface area (Å²) in [6, 6.07) is 4.19. The van der Waals surface area contributed by atoms with Crippen LogP contribution in [-0.2, 0) is 22.5 Å². The molecule has 1 aliphatic rings. The van der Waals surface area contributed by atoms with Gasteiger partial charge >= 0.3 is 0 Å². The maximum absolute atomic E-state index is 11.1. The highest BCUT2D eigenvalue weighted by Crippen LogP contribution is 2.21. The van der Waals surface area contributed by atoms with E-state index in [0.29, 0.717) is 5.13 Å². The highest BCUT2D eigenvalue weighted by molar-refractivity contribution is 7.15. The van der Waals surface area contributed by atoms with Crippen molar-refractivity contribution in [1.29, 1.82) is 0 Å². The van der Waals surface area contributed by atoms with Crippen molar-refractivity contribution in [3.63, 3.8) is 0 Å². The van der Waals surface area contributed by atoms with E-state index in [4.69, 9.17) is 4.74 Å². The van der Waals surface area contributed by atoms with Gasteiger partial charge in [-0.1, -0.05) is 0 Å². The van der Waals surface area contributed by atoms with Gasteiger partial charge in [0.2, 0.25) is 5.91 Å². The number of carbonyl (C=O) groups excluding carboxylic acids is 1. The maximum atomic E-state index is 11.1. The Bertz CT molecular complexity index is 719. The van der Waals surface area contributed by atoms with Crippen LogP contribution in [0.4, 0.5) is 5.13 Å². The molecule has 1 atom stereocenters. The lowest BCUT2D eigenvalue weighted by molar-refractivity contribution is -0.114. The van der Waals surface area contributed by atoms with Gasteiger partial charge in [0.1, 0.15) is 0 Å². The summed E-state index contributed by atoms with van der Waals surface area (Å²) in [7, 11) is 0. The Morgan fingerprint density at radius 1 is 1.48 bits per heavy atom. The van der Waals surface area contributed by atoms with Crippen molar-refractivity contribution in [3.05, 3.63) is 40.7 Å². The molecule has 0 aliphatic carbocycles. The molecule has 0 bridgehead atoms. The molecule has 1 saturated heterocycles. The van der Waals surface area contributed by atoms with Crippen molar-refractivity contribution in [2.45, 2.75) is 39.3 Å². The van der Waals surface area contributed by atoms with Gasteiger partial charge in [0.15, 0.2) is 5.13 Å². The summed E-state index contributed by atoms with van der Waals surface area (Å²) in [5.74, 6) is -0.0863. The Hall–Kier alpha value is -1.83. The van der Waals surface area contributed by atoms with Crippen molar-refractivity contribution in [2.75, 3.05) is 25.0 Å². The quantitative estimate of drug-likeness (QED) is 0.888. The second kappa shape index (κ2) is 8.51. The summed E-state index contributed by atoms with van der Waals surface area (Å²) in [6.45, 7) is 7.06. The summed E-state index contributed by atoms with van der Waals surface area (Å²) >= 11 is 1.54. The van der Waals surface area contributed by atoms with Crippen molar-refractivity contribution in [1.82, 2.24) is 14.9 Å². The first-order valence-corrected chi connectivity index (χ1v) is 9.38. The Kier molecular flexibility index (Phi) is 6.12. The zero-order valence-corrected chi connectivity index (χ0v) is 15.5. The van der Waals surface area contributed by atoms with E-state index >= 15 is 0 Å². The molecule has 0 spiro atoms. The first-order valence-electron chi connectivity index (χ1n) is 8.56. The number of pyridine rings is 1. The molecule has 0 unspecified atom stereocenters. The predicted octanol–water partition coefficient (Wildman–Crippen LogP) is 2.64. The van der Waals surface area contributed by atoms with Crippen molar-refractivity contribution in [3.8, 4) is 0 Å². The molecular weight excluding hydrogens is 336 g/mol. The van der Waals surface area contributed by atoms with E-state index in [0.717, 1.165) is 49.7 Å². The highest BCUT2D eigenvalue weighted by atomic mass is 32.1. The molecule has 2 aromatic heterocycles. The minimum absolute atomic E-state index is 0.0863. The lowest BCUT2D eigenvalue weighted by Crippen LogP contribution is -2.32. The number of nitrogens with one attached hydrogen (secondary N) is 1. The van der Waals surface area contributed by atoms with E-state index in [-0.39, 0.29) is 12.0 Å². The minimum Gasteiger partial charge on any atom is -0.376 e. The topological polar surface area (TPSA) is 67.4 Å². The van der Waals surface area contributed by atoms with E-state index < -0.39 is 0 Å². The van der Waals surface area contributed by atoms with Gasteiger partial charge in [-0.15, -0.1) is 11.3 Å². The van der Waals surface area contributed by atoms with Crippen molar-refractivity contribution in [2.24, 2.45) is 0 Å². The fraction of sp³-hybridized carbons (Fsp3) is 0.500. The average Bonchev–Trinajstić information content (AvgIpc) is 2.85. The number of anilines is 1. The second-order valence-corrected chi connectivity index (χ2v) is 7.52. The number of hydrogen-bond acceptors (Lipinski definition) is 6. The van der Waals surface area contributed by atoms with Gasteiger partial charge in [-0.05, 0) is 37.5 Å². The van der Waals surface area contributed by atoms with Crippen LogP contribution in [0, 0.1) is 6.92 Å². The number of thiazole rings is 1. The Balaban J connectivity index is 1.59. The van der Waals surface area contributed by atoms with Crippen molar-refractivity contribution >= 4 is 22.4 Å². The highest BCUT2D eigenvalue weighted by Gasteiger charge is 2.20. The third kappa shape index (κ3) is 5.59. The molecule has 2 aromatic rings. The number of hydrogen-bond donors (Lipinski definition) is 1. The van der Waals surface area contributed by atoms with Gasteiger partial charge in [0.25, 0.3) is 0 Å². The summed E-state index contributed by atoms with van der Waals surface area (Å²) < 4.78 is 6.04. The molecule has 1 aliphatic heterocycles. The number of nitrogens with zero attached hydrogens (tertiary/aromatic N) is 3. The second-order valence-electron chi connectivity index (χ2n) is 6.40. The predicted molar refractivity (Wildman–Crippen MR) is 98.7 cm³/mol. The molecule has 1 amide bonds. The van der Waals surface area contributed by atoms with Crippen LogP contribution in [0.5, 0.6) is 0 Å². The average molecular weight is 360 g/mol. The SMILES string of the molecule is CC(=O)Nc1ncc(CN2CCCO[C@@H](Cc3ccnc(C)c3)C2)s1. The van der Waals surface area contributed by atoms with E-state index in [1.54, 1.807) is 0 Å². The normalized spacial score (nSPS) is 18.7. The Morgan fingerprint density at radius 2 is 2.36 bits per heavy atom. The molecular formula is C18H24N4O2S. The van der Waals surface area contributed by atoms with Crippen molar-refractivity contribution < 1.29 is 9.53 Å². The molecule has 1 N–H and O–H groups in total. The van der Waals surface area contributed by atoms with Gasteiger partial charge < -0.3 is 10.1 Å². The van der Waals surface area contributed by atoms with E-state index in [2.05, 4.69) is 32.3 Å². The fourth-order valence-electron chi connectivity index (χ4n) is 3.04. The van der Waals surface area contributed by atoms with Crippen LogP contribution in [0.2, 0.25) is 0 Å². The minimum atomic E-state index is -0.0863. The monoisotopic (exact) mass is 360 g/mol. The van der Waals surface area contributed by atoms with Gasteiger partial charge in [0.05, 0.1) is 6.10 Å². The van der Waals surface area contributed by atoms with E-state index in [1.165, 1.54) is 23.8 Å². The summed E-state index contributed by atoms with van der Waals surface area (Å²) in [5.41, 5.74) is 2.31. The van der Waals surface area contributed by atoms with Crippen LogP contribution >= 0.6 is 11.3 Å². The van der Waals surface area contributed by atoms with E-state index in [1.807, 2.05) is 19.3 Å². The van der Waals surface area contributed by atoms with Gasteiger partial charge in [0, 0.05) is 56.1 Å². The van der Waals surface area contributed by atoms with Crippen LogP contribution in [0.15, 0.2) is 24.5 Å². The summed E-state index contributed by atoms with van der Waals surface area (Å²) in [4.78, 5) is 23.2. The Morgan fingerprint density at radius 3 is 3.16 bits per heavy atom. The first kappa shape index (κ1) is 18.0. The maximum Gasteiger partial charge on any atom is 0.223 e. The van der Waals surface area contributed by atoms with Gasteiger partial charge in [-0.2, -0.15) is 0 Å². The molecule has 3 heterocycles. The Labute approximate surface area is 152 Å². The van der Waals surface area contributed by atoms with Crippen LogP contribution in [0.3, 0.4) is 0 Å². The smallest absolute Gasteiger partial charge is 0.223 e. The fourth-order valence-corrected chi connectivity index (χ4v) is 3.94. The number of amides is 1. The number of aromatic nitrogens is 2. The molecule has 3 rings (SSSR count). The van der Waals surface area contributed by atoms with Crippen LogP contribution in [0.1, 0.15) is 29.5 Å². The standard InChI is InChI=1S/C18H24N4O2S/c1-13-8-15(4-5-19-13)9-16-11-22(6-3-7-24-16)12-17-10-20-18(25-17)21-14(2)23/h4-5,8,10,16H,3,6-7,9,11-12H2,1-2H3,(H,20,21,23)/t16-/m0/s1. The van der Waals surface area contributed by atoms with Crippen LogP contribution in [0.25, 0.3) is 0 Å². The molecule has 1 fully saturated rings. The van der Waals surface area contributed by atoms with Gasteiger partial charge in [-0.3, -0.25) is 14.7 Å². The lowest BCUT2D eigenvalue weighted by atomic mass is 10.1. The number of aryl methyl sites for hydroxylation is 1. The lowest BCUT2D eigenvalue weighted by Gasteiger charge is -2.23. The molecule has 0 saturated carbocycles. The molecule has 6 nitrogen and oxygen atoms in total. The molecule has 25 heavy (non-hydrogen) atoms. The van der Waals surface area contributed by atoms with Crippen LogP contribution in [-0.4, -0.2) is 46.6 Å². The largest absolute Gasteiger partial charge is 0.376 e.